The van der Waals surface area contributed by atoms with Gasteiger partial charge in [0.25, 0.3) is 5.91 Å². The highest BCUT2D eigenvalue weighted by atomic mass is 32.2. The minimum Gasteiger partial charge on any atom is -0.497 e. The minimum atomic E-state index is -4.18. The van der Waals surface area contributed by atoms with Gasteiger partial charge >= 0.3 is 0 Å². The number of ether oxygens (including phenoxy) is 2. The van der Waals surface area contributed by atoms with E-state index in [1.165, 1.54) is 68.2 Å². The van der Waals surface area contributed by atoms with Crippen molar-refractivity contribution >= 4 is 26.0 Å². The molecule has 32 heavy (non-hydrogen) atoms. The Morgan fingerprint density at radius 2 is 1.44 bits per heavy atom. The second-order valence-corrected chi connectivity index (χ2v) is 10.6. The molecule has 1 fully saturated rings. The van der Waals surface area contributed by atoms with Crippen LogP contribution in [-0.4, -0.2) is 65.1 Å². The zero-order valence-corrected chi connectivity index (χ0v) is 18.9. The van der Waals surface area contributed by atoms with Crippen LogP contribution >= 0.6 is 0 Å². The van der Waals surface area contributed by atoms with Crippen molar-refractivity contribution in [2.75, 3.05) is 20.8 Å². The maximum Gasteiger partial charge on any atom is 0.261 e. The monoisotopic (exact) mass is 485 g/mol. The van der Waals surface area contributed by atoms with Gasteiger partial charge in [0, 0.05) is 12.6 Å². The number of nitrogens with zero attached hydrogens (tertiary/aromatic N) is 1. The Labute approximate surface area is 186 Å². The first kappa shape index (κ1) is 23.9. The number of rotatable bonds is 8. The Morgan fingerprint density at radius 3 is 1.91 bits per heavy atom. The van der Waals surface area contributed by atoms with Gasteiger partial charge in [-0.15, -0.1) is 0 Å². The van der Waals surface area contributed by atoms with E-state index in [-0.39, 0.29) is 22.8 Å². The van der Waals surface area contributed by atoms with Crippen LogP contribution in [0.3, 0.4) is 0 Å². The van der Waals surface area contributed by atoms with Gasteiger partial charge in [0.05, 0.1) is 24.0 Å². The van der Waals surface area contributed by atoms with Gasteiger partial charge in [0.15, 0.2) is 0 Å². The standard InChI is InChI=1S/C19H23N3O8S2/c1-29-14-3-7-16(8-4-14)31(25,26)21-13-11-18(19(23)20-24)22(12-13)32(27,28)17-9-5-15(30-2)6-10-17/h3-10,13,18,21,24H,11-12H2,1-2H3,(H,20,23)/t13-,18+/m0/s1. The summed E-state index contributed by atoms with van der Waals surface area (Å²) in [6, 6.07) is 8.97. The predicted molar refractivity (Wildman–Crippen MR) is 112 cm³/mol. The zero-order chi connectivity index (χ0) is 23.5. The molecule has 2 atom stereocenters. The van der Waals surface area contributed by atoms with Crippen molar-refractivity contribution in [3.05, 3.63) is 48.5 Å². The van der Waals surface area contributed by atoms with Gasteiger partial charge in [-0.1, -0.05) is 0 Å². The molecule has 1 saturated heterocycles. The molecule has 3 rings (SSSR count). The average Bonchev–Trinajstić information content (AvgIpc) is 3.22. The summed E-state index contributed by atoms with van der Waals surface area (Å²) in [4.78, 5) is 12.0. The summed E-state index contributed by atoms with van der Waals surface area (Å²) in [6.45, 7) is -0.304. The molecule has 0 radical (unpaired) electrons. The van der Waals surface area contributed by atoms with Crippen molar-refractivity contribution in [3.63, 3.8) is 0 Å². The quantitative estimate of drug-likeness (QED) is 0.357. The third-order valence-electron chi connectivity index (χ3n) is 5.03. The fourth-order valence-electron chi connectivity index (χ4n) is 3.39. The van der Waals surface area contributed by atoms with Gasteiger partial charge in [-0.3, -0.25) is 10.0 Å². The lowest BCUT2D eigenvalue weighted by molar-refractivity contribution is -0.132. The number of amides is 1. The molecule has 2 aromatic rings. The van der Waals surface area contributed by atoms with Crippen molar-refractivity contribution < 1.29 is 36.3 Å². The first-order chi connectivity index (χ1) is 15.1. The summed E-state index contributed by atoms with van der Waals surface area (Å²) in [5.41, 5.74) is 1.45. The van der Waals surface area contributed by atoms with Gasteiger partial charge < -0.3 is 9.47 Å². The molecule has 174 valence electrons. The normalized spacial score (nSPS) is 19.5. The van der Waals surface area contributed by atoms with E-state index < -0.39 is 38.0 Å². The predicted octanol–water partition coefficient (Wildman–Crippen LogP) is 0.319. The maximum absolute atomic E-state index is 13.1. The second kappa shape index (κ2) is 9.42. The van der Waals surface area contributed by atoms with Crippen molar-refractivity contribution in [2.24, 2.45) is 0 Å². The third kappa shape index (κ3) is 4.86. The van der Waals surface area contributed by atoms with Crippen LogP contribution in [0.4, 0.5) is 0 Å². The fourth-order valence-corrected chi connectivity index (χ4v) is 6.28. The van der Waals surface area contributed by atoms with Gasteiger partial charge in [-0.05, 0) is 55.0 Å². The maximum atomic E-state index is 13.1. The summed E-state index contributed by atoms with van der Waals surface area (Å²) in [6.07, 6.45) is -0.169. The largest absolute Gasteiger partial charge is 0.497 e. The third-order valence-corrected chi connectivity index (χ3v) is 8.45. The second-order valence-electron chi connectivity index (χ2n) is 6.97. The van der Waals surface area contributed by atoms with Crippen LogP contribution < -0.4 is 19.7 Å². The Morgan fingerprint density at radius 1 is 0.938 bits per heavy atom. The van der Waals surface area contributed by atoms with Gasteiger partial charge in [-0.2, -0.15) is 4.31 Å². The first-order valence-corrected chi connectivity index (χ1v) is 12.3. The highest BCUT2D eigenvalue weighted by Crippen LogP contribution is 2.28. The van der Waals surface area contributed by atoms with Crippen LogP contribution in [0.5, 0.6) is 11.5 Å². The van der Waals surface area contributed by atoms with E-state index >= 15 is 0 Å². The van der Waals surface area contributed by atoms with E-state index in [4.69, 9.17) is 14.7 Å². The summed E-state index contributed by atoms with van der Waals surface area (Å²) >= 11 is 0. The molecule has 0 unspecified atom stereocenters. The highest BCUT2D eigenvalue weighted by molar-refractivity contribution is 7.89. The Balaban J connectivity index is 1.86. The molecule has 3 N–H and O–H groups in total. The molecule has 0 saturated carbocycles. The van der Waals surface area contributed by atoms with Crippen LogP contribution in [0, 0.1) is 0 Å². The Bertz CT molecular complexity index is 1170. The fraction of sp³-hybridized carbons (Fsp3) is 0.316. The molecule has 1 aliphatic heterocycles. The van der Waals surface area contributed by atoms with E-state index in [1.54, 1.807) is 0 Å². The smallest absolute Gasteiger partial charge is 0.261 e. The topological polar surface area (TPSA) is 151 Å². The van der Waals surface area contributed by atoms with Crippen LogP contribution in [-0.2, 0) is 24.8 Å². The molecule has 0 aromatic heterocycles. The summed E-state index contributed by atoms with van der Waals surface area (Å²) in [7, 11) is -5.30. The molecule has 11 nitrogen and oxygen atoms in total. The summed E-state index contributed by atoms with van der Waals surface area (Å²) in [5.74, 6) is -0.0466. The molecular weight excluding hydrogens is 462 g/mol. The molecule has 0 aliphatic carbocycles. The molecule has 2 aromatic carbocycles. The number of methoxy groups -OCH3 is 2. The van der Waals surface area contributed by atoms with E-state index in [0.29, 0.717) is 11.5 Å². The summed E-state index contributed by atoms with van der Waals surface area (Å²) < 4.78 is 65.1. The van der Waals surface area contributed by atoms with Crippen molar-refractivity contribution in [1.82, 2.24) is 14.5 Å². The number of sulfonamides is 2. The van der Waals surface area contributed by atoms with Crippen LogP contribution in [0.25, 0.3) is 0 Å². The van der Waals surface area contributed by atoms with E-state index in [2.05, 4.69) is 4.72 Å². The zero-order valence-electron chi connectivity index (χ0n) is 17.3. The Hall–Kier alpha value is -2.71. The number of nitrogens with one attached hydrogen (secondary N) is 2. The molecule has 0 spiro atoms. The summed E-state index contributed by atoms with van der Waals surface area (Å²) in [5, 5.41) is 9.08. The number of hydrogen-bond acceptors (Lipinski definition) is 8. The number of carbonyl (C=O) groups excluding carboxylic acids is 1. The lowest BCUT2D eigenvalue weighted by atomic mass is 10.2. The average molecular weight is 486 g/mol. The SMILES string of the molecule is COc1ccc(S(=O)(=O)N[C@H]2C[C@H](C(=O)NO)N(S(=O)(=O)c3ccc(OC)cc3)C2)cc1. The minimum absolute atomic E-state index is 0.0436. The van der Waals surface area contributed by atoms with Crippen molar-refractivity contribution in [3.8, 4) is 11.5 Å². The van der Waals surface area contributed by atoms with Crippen LogP contribution in [0.1, 0.15) is 6.42 Å². The molecule has 0 bridgehead atoms. The number of carbonyl (C=O) groups is 1. The van der Waals surface area contributed by atoms with Gasteiger partial charge in [-0.25, -0.2) is 27.0 Å². The van der Waals surface area contributed by atoms with Crippen molar-refractivity contribution in [1.29, 1.82) is 0 Å². The van der Waals surface area contributed by atoms with E-state index in [1.807, 2.05) is 0 Å². The van der Waals surface area contributed by atoms with Crippen LogP contribution in [0.2, 0.25) is 0 Å². The molecule has 1 amide bonds. The van der Waals surface area contributed by atoms with Crippen molar-refractivity contribution in [2.45, 2.75) is 28.3 Å². The van der Waals surface area contributed by atoms with Gasteiger partial charge in [0.1, 0.15) is 17.5 Å². The molecule has 1 aliphatic rings. The van der Waals surface area contributed by atoms with Gasteiger partial charge in [0.2, 0.25) is 20.0 Å². The lowest BCUT2D eigenvalue weighted by Gasteiger charge is -2.22. The van der Waals surface area contributed by atoms with E-state index in [9.17, 15) is 21.6 Å². The Kier molecular flexibility index (Phi) is 7.05. The highest BCUT2D eigenvalue weighted by Gasteiger charge is 2.45. The number of benzene rings is 2. The molecular formula is C19H23N3O8S2. The molecule has 1 heterocycles. The lowest BCUT2D eigenvalue weighted by Crippen LogP contribution is -2.45. The molecule has 13 heteroatoms. The van der Waals surface area contributed by atoms with Crippen LogP contribution in [0.15, 0.2) is 58.3 Å². The first-order valence-electron chi connectivity index (χ1n) is 9.38. The number of hydroxylamine groups is 1. The van der Waals surface area contributed by atoms with E-state index in [0.717, 1.165) is 4.31 Å². The number of hydrogen-bond donors (Lipinski definition) is 3.